The maximum Gasteiger partial charge on any atom is 0.255 e. The first kappa shape index (κ1) is 28.5. The van der Waals surface area contributed by atoms with Gasteiger partial charge in [-0.05, 0) is 110 Å². The van der Waals surface area contributed by atoms with Gasteiger partial charge in [-0.25, -0.2) is 0 Å². The predicted octanol–water partition coefficient (Wildman–Crippen LogP) is 5.44. The van der Waals surface area contributed by atoms with Crippen molar-refractivity contribution in [3.8, 4) is 17.6 Å². The van der Waals surface area contributed by atoms with Crippen molar-refractivity contribution in [2.45, 2.75) is 38.5 Å². The lowest BCUT2D eigenvalue weighted by Crippen LogP contribution is -2.51. The molecule has 226 valence electrons. The third kappa shape index (κ3) is 5.91. The first-order valence-electron chi connectivity index (χ1n) is 16.0. The average molecular weight is 589 g/mol. The van der Waals surface area contributed by atoms with Crippen molar-refractivity contribution in [2.24, 2.45) is 23.2 Å². The fourth-order valence-electron chi connectivity index (χ4n) is 8.80. The summed E-state index contributed by atoms with van der Waals surface area (Å²) in [5.74, 6) is 8.94. The summed E-state index contributed by atoms with van der Waals surface area (Å²) >= 11 is 0. The van der Waals surface area contributed by atoms with Gasteiger partial charge in [0.1, 0.15) is 5.75 Å². The third-order valence-corrected chi connectivity index (χ3v) is 10.3. The first-order valence-corrected chi connectivity index (χ1v) is 16.0. The number of phenols is 1. The van der Waals surface area contributed by atoms with Gasteiger partial charge in [-0.1, -0.05) is 17.9 Å². The van der Waals surface area contributed by atoms with E-state index in [0.29, 0.717) is 35.2 Å². The minimum Gasteiger partial charge on any atom is -0.508 e. The van der Waals surface area contributed by atoms with Crippen LogP contribution in [0.5, 0.6) is 5.75 Å². The Hall–Kier alpha value is -4.31. The zero-order valence-electron chi connectivity index (χ0n) is 25.4. The van der Waals surface area contributed by atoms with Gasteiger partial charge in [0.25, 0.3) is 11.8 Å². The summed E-state index contributed by atoms with van der Waals surface area (Å²) in [6.07, 6.45) is 11.4. The highest BCUT2D eigenvalue weighted by Gasteiger charge is 2.51. The molecule has 1 aromatic heterocycles. The topological polar surface area (TPSA) is 77.0 Å². The number of aromatic hydroxyl groups is 1. The van der Waals surface area contributed by atoms with Gasteiger partial charge >= 0.3 is 0 Å². The molecule has 1 saturated heterocycles. The van der Waals surface area contributed by atoms with E-state index in [1.165, 1.54) is 38.5 Å². The van der Waals surface area contributed by atoms with Gasteiger partial charge in [-0.15, -0.1) is 0 Å². The second-order valence-corrected chi connectivity index (χ2v) is 13.7. The lowest BCUT2D eigenvalue weighted by atomic mass is 9.49. The smallest absolute Gasteiger partial charge is 0.255 e. The number of amides is 2. The number of rotatable bonds is 5. The summed E-state index contributed by atoms with van der Waals surface area (Å²) in [7, 11) is 1.98. The van der Waals surface area contributed by atoms with E-state index in [2.05, 4.69) is 21.7 Å². The lowest BCUT2D eigenvalue weighted by molar-refractivity contribution is -0.0629. The summed E-state index contributed by atoms with van der Waals surface area (Å²) < 4.78 is 0. The van der Waals surface area contributed by atoms with E-state index in [1.807, 2.05) is 47.2 Å². The third-order valence-electron chi connectivity index (χ3n) is 10.3. The number of hydrogen-bond donors (Lipinski definition) is 1. The SMILES string of the molecule is CN(CC12CC3CC(CC(C3)C1)C2)C(=O)c1ccc(N2CCN(C(=O)c3cncc(C#Cc4cccc(O)c4)c3)CC2)cc1. The predicted molar refractivity (Wildman–Crippen MR) is 170 cm³/mol. The molecule has 2 amide bonds. The molecule has 0 unspecified atom stereocenters. The van der Waals surface area contributed by atoms with Crippen molar-refractivity contribution in [1.29, 1.82) is 0 Å². The van der Waals surface area contributed by atoms with E-state index in [0.717, 1.165) is 48.6 Å². The Bertz CT molecular complexity index is 1580. The van der Waals surface area contributed by atoms with E-state index >= 15 is 0 Å². The molecule has 44 heavy (non-hydrogen) atoms. The molecule has 8 rings (SSSR count). The van der Waals surface area contributed by atoms with Gasteiger partial charge in [0, 0.05) is 74.5 Å². The Kier molecular flexibility index (Phi) is 7.53. The van der Waals surface area contributed by atoms with Crippen LogP contribution < -0.4 is 4.90 Å². The normalized spacial score (nSPS) is 25.3. The van der Waals surface area contributed by atoms with Gasteiger partial charge in [-0.3, -0.25) is 14.6 Å². The number of carbonyl (C=O) groups is 2. The summed E-state index contributed by atoms with van der Waals surface area (Å²) in [6.45, 7) is 3.53. The standard InChI is InChI=1S/C37H40N4O3/c1-39(25-37-20-28-15-29(21-37)17-30(16-28)22-37)35(43)31-7-9-33(10-8-31)40-11-13-41(14-12-40)36(44)32-18-27(23-38-24-32)6-5-26-3-2-4-34(42)19-26/h2-4,7-10,18-19,23-24,28-30,42H,11-17,20-22,25H2,1H3. The van der Waals surface area contributed by atoms with Crippen LogP contribution in [0.15, 0.2) is 67.0 Å². The van der Waals surface area contributed by atoms with Gasteiger partial charge < -0.3 is 19.8 Å². The van der Waals surface area contributed by atoms with E-state index in [4.69, 9.17) is 0 Å². The van der Waals surface area contributed by atoms with Crippen LogP contribution in [-0.2, 0) is 0 Å². The second kappa shape index (κ2) is 11.6. The van der Waals surface area contributed by atoms with Crippen molar-refractivity contribution in [3.05, 3.63) is 89.2 Å². The zero-order valence-corrected chi connectivity index (χ0v) is 25.4. The van der Waals surface area contributed by atoms with Crippen molar-refractivity contribution in [3.63, 3.8) is 0 Å². The van der Waals surface area contributed by atoms with Crippen molar-refractivity contribution < 1.29 is 14.7 Å². The number of aromatic nitrogens is 1. The molecule has 7 heteroatoms. The summed E-state index contributed by atoms with van der Waals surface area (Å²) in [4.78, 5) is 37.0. The highest BCUT2D eigenvalue weighted by atomic mass is 16.3. The summed E-state index contributed by atoms with van der Waals surface area (Å²) in [6, 6.07) is 16.5. The van der Waals surface area contributed by atoms with Crippen LogP contribution in [-0.4, -0.2) is 71.5 Å². The number of phenolic OH excluding ortho intramolecular Hbond substituents is 1. The average Bonchev–Trinajstić information content (AvgIpc) is 3.02. The number of carbonyl (C=O) groups excluding carboxylic acids is 2. The minimum atomic E-state index is -0.0545. The van der Waals surface area contributed by atoms with E-state index < -0.39 is 0 Å². The van der Waals surface area contributed by atoms with Crippen LogP contribution in [0.2, 0.25) is 0 Å². The van der Waals surface area contributed by atoms with Crippen LogP contribution in [0.4, 0.5) is 5.69 Å². The van der Waals surface area contributed by atoms with Gasteiger partial charge in [-0.2, -0.15) is 0 Å². The van der Waals surface area contributed by atoms with E-state index in [1.54, 1.807) is 36.7 Å². The molecular formula is C37H40N4O3. The molecule has 4 bridgehead atoms. The Labute approximate surface area is 259 Å². The Morgan fingerprint density at radius 1 is 0.864 bits per heavy atom. The molecule has 4 saturated carbocycles. The highest BCUT2D eigenvalue weighted by Crippen LogP contribution is 2.60. The molecule has 2 aromatic carbocycles. The molecule has 0 atom stereocenters. The van der Waals surface area contributed by atoms with Gasteiger partial charge in [0.2, 0.25) is 0 Å². The maximum atomic E-state index is 13.4. The monoisotopic (exact) mass is 588 g/mol. The minimum absolute atomic E-state index is 0.0545. The van der Waals surface area contributed by atoms with Crippen LogP contribution in [0.1, 0.15) is 70.4 Å². The van der Waals surface area contributed by atoms with E-state index in [-0.39, 0.29) is 17.6 Å². The number of benzene rings is 2. The molecule has 4 aliphatic carbocycles. The highest BCUT2D eigenvalue weighted by molar-refractivity contribution is 5.95. The second-order valence-electron chi connectivity index (χ2n) is 13.7. The zero-order chi connectivity index (χ0) is 30.3. The quantitative estimate of drug-likeness (QED) is 0.402. The Balaban J connectivity index is 0.934. The number of nitrogens with zero attached hydrogens (tertiary/aromatic N) is 4. The van der Waals surface area contributed by atoms with E-state index in [9.17, 15) is 14.7 Å². The number of piperazine rings is 1. The molecule has 1 N–H and O–H groups in total. The largest absolute Gasteiger partial charge is 0.508 e. The molecule has 5 fully saturated rings. The van der Waals surface area contributed by atoms with Crippen LogP contribution in [0.3, 0.4) is 0 Å². The first-order chi connectivity index (χ1) is 21.3. The van der Waals surface area contributed by atoms with Gasteiger partial charge in [0.05, 0.1) is 5.56 Å². The van der Waals surface area contributed by atoms with Crippen molar-refractivity contribution >= 4 is 17.5 Å². The van der Waals surface area contributed by atoms with Crippen LogP contribution in [0, 0.1) is 35.0 Å². The molecule has 7 nitrogen and oxygen atoms in total. The molecule has 0 radical (unpaired) electrons. The Morgan fingerprint density at radius 3 is 2.18 bits per heavy atom. The number of anilines is 1. The number of hydrogen-bond acceptors (Lipinski definition) is 5. The lowest BCUT2D eigenvalue weighted by Gasteiger charge is -2.57. The fraction of sp³-hybridized carbons (Fsp3) is 0.432. The van der Waals surface area contributed by atoms with Gasteiger partial charge in [0.15, 0.2) is 0 Å². The van der Waals surface area contributed by atoms with Crippen LogP contribution in [0.25, 0.3) is 0 Å². The Morgan fingerprint density at radius 2 is 1.52 bits per heavy atom. The van der Waals surface area contributed by atoms with Crippen LogP contribution >= 0.6 is 0 Å². The molecule has 0 spiro atoms. The molecular weight excluding hydrogens is 548 g/mol. The van der Waals surface area contributed by atoms with Crippen molar-refractivity contribution in [1.82, 2.24) is 14.8 Å². The molecule has 5 aliphatic rings. The fourth-order valence-corrected chi connectivity index (χ4v) is 8.80. The van der Waals surface area contributed by atoms with Crippen molar-refractivity contribution in [2.75, 3.05) is 44.7 Å². The molecule has 1 aliphatic heterocycles. The summed E-state index contributed by atoms with van der Waals surface area (Å²) in [5, 5.41) is 9.65. The molecule has 2 heterocycles. The molecule has 3 aromatic rings. The number of pyridine rings is 1. The summed E-state index contributed by atoms with van der Waals surface area (Å²) in [5.41, 5.74) is 4.02. The maximum absolute atomic E-state index is 13.4.